The molecule has 0 aromatic carbocycles. The predicted molar refractivity (Wildman–Crippen MR) is 59.9 cm³/mol. The molecule has 2 aliphatic carbocycles. The molecule has 0 radical (unpaired) electrons. The number of sulfonamides is 1. The molecule has 0 aliphatic heterocycles. The maximum Gasteiger partial charge on any atom is 0.214 e. The van der Waals surface area contributed by atoms with Gasteiger partial charge in [0.25, 0.3) is 0 Å². The maximum atomic E-state index is 12.1. The highest BCUT2D eigenvalue weighted by molar-refractivity contribution is 7.89. The standard InChI is InChI=1S/C10H20N2O2S/c11-6-7-12(10-2-1-3-10)15(13,14)8-9-4-5-9/h9-10H,1-8,11H2. The smallest absolute Gasteiger partial charge is 0.214 e. The third-order valence-electron chi connectivity index (χ3n) is 3.33. The van der Waals surface area contributed by atoms with E-state index in [9.17, 15) is 8.42 Å². The van der Waals surface area contributed by atoms with E-state index >= 15 is 0 Å². The SMILES string of the molecule is NCCN(C1CCC1)S(=O)(=O)CC1CC1. The van der Waals surface area contributed by atoms with Crippen LogP contribution in [0.4, 0.5) is 0 Å². The second kappa shape index (κ2) is 4.39. The lowest BCUT2D eigenvalue weighted by molar-refractivity contribution is 0.223. The first-order valence-electron chi connectivity index (χ1n) is 5.83. The number of nitrogens with two attached hydrogens (primary N) is 1. The normalized spacial score (nSPS) is 23.1. The Balaban J connectivity index is 2.00. The minimum absolute atomic E-state index is 0.247. The summed E-state index contributed by atoms with van der Waals surface area (Å²) in [4.78, 5) is 0. The molecule has 5 heteroatoms. The first-order valence-corrected chi connectivity index (χ1v) is 7.44. The van der Waals surface area contributed by atoms with Gasteiger partial charge in [-0.25, -0.2) is 8.42 Å². The van der Waals surface area contributed by atoms with Crippen molar-refractivity contribution >= 4 is 10.0 Å². The monoisotopic (exact) mass is 232 g/mol. The van der Waals surface area contributed by atoms with E-state index in [1.54, 1.807) is 4.31 Å². The molecular formula is C10H20N2O2S. The molecule has 2 fully saturated rings. The van der Waals surface area contributed by atoms with Gasteiger partial charge in [-0.05, 0) is 31.6 Å². The van der Waals surface area contributed by atoms with Gasteiger partial charge < -0.3 is 5.73 Å². The molecule has 0 aromatic rings. The van der Waals surface area contributed by atoms with E-state index in [-0.39, 0.29) is 6.04 Å². The second-order valence-electron chi connectivity index (χ2n) is 4.71. The molecular weight excluding hydrogens is 212 g/mol. The minimum atomic E-state index is -3.03. The van der Waals surface area contributed by atoms with Gasteiger partial charge in [0, 0.05) is 19.1 Å². The second-order valence-corrected chi connectivity index (χ2v) is 6.67. The summed E-state index contributed by atoms with van der Waals surface area (Å²) >= 11 is 0. The fraction of sp³-hybridized carbons (Fsp3) is 1.00. The molecule has 2 rings (SSSR count). The van der Waals surface area contributed by atoms with Crippen LogP contribution in [0.3, 0.4) is 0 Å². The number of hydrogen-bond acceptors (Lipinski definition) is 3. The van der Waals surface area contributed by atoms with Crippen LogP contribution in [0.2, 0.25) is 0 Å². The van der Waals surface area contributed by atoms with E-state index in [1.807, 2.05) is 0 Å². The van der Waals surface area contributed by atoms with Gasteiger partial charge in [0.2, 0.25) is 10.0 Å². The molecule has 15 heavy (non-hydrogen) atoms. The molecule has 0 amide bonds. The van der Waals surface area contributed by atoms with Crippen molar-refractivity contribution in [2.45, 2.75) is 38.1 Å². The van der Waals surface area contributed by atoms with Gasteiger partial charge >= 0.3 is 0 Å². The highest BCUT2D eigenvalue weighted by Gasteiger charge is 2.37. The van der Waals surface area contributed by atoms with Gasteiger partial charge in [0.15, 0.2) is 0 Å². The molecule has 88 valence electrons. The summed E-state index contributed by atoms with van der Waals surface area (Å²) in [5.74, 6) is 0.777. The van der Waals surface area contributed by atoms with E-state index in [0.717, 1.165) is 32.1 Å². The molecule has 0 unspecified atom stereocenters. The van der Waals surface area contributed by atoms with Crippen LogP contribution in [0.1, 0.15) is 32.1 Å². The van der Waals surface area contributed by atoms with Crippen molar-refractivity contribution in [3.05, 3.63) is 0 Å². The zero-order chi connectivity index (χ0) is 10.9. The van der Waals surface area contributed by atoms with Crippen LogP contribution in [0.25, 0.3) is 0 Å². The molecule has 0 aromatic heterocycles. The first kappa shape index (κ1) is 11.4. The Kier molecular flexibility index (Phi) is 3.33. The minimum Gasteiger partial charge on any atom is -0.329 e. The highest BCUT2D eigenvalue weighted by Crippen LogP contribution is 2.33. The van der Waals surface area contributed by atoms with Crippen LogP contribution in [0.5, 0.6) is 0 Å². The number of rotatable bonds is 6. The van der Waals surface area contributed by atoms with Crippen LogP contribution in [0.15, 0.2) is 0 Å². The molecule has 0 spiro atoms. The van der Waals surface area contributed by atoms with Crippen LogP contribution < -0.4 is 5.73 Å². The Morgan fingerprint density at radius 1 is 1.20 bits per heavy atom. The Morgan fingerprint density at radius 2 is 1.87 bits per heavy atom. The zero-order valence-corrected chi connectivity index (χ0v) is 9.88. The van der Waals surface area contributed by atoms with Crippen molar-refractivity contribution < 1.29 is 8.42 Å². The van der Waals surface area contributed by atoms with E-state index < -0.39 is 10.0 Å². The lowest BCUT2D eigenvalue weighted by Gasteiger charge is -2.36. The van der Waals surface area contributed by atoms with Crippen LogP contribution in [-0.4, -0.2) is 37.6 Å². The van der Waals surface area contributed by atoms with E-state index in [4.69, 9.17) is 5.73 Å². The van der Waals surface area contributed by atoms with Gasteiger partial charge in [-0.3, -0.25) is 0 Å². The third kappa shape index (κ3) is 2.71. The Hall–Kier alpha value is -0.130. The van der Waals surface area contributed by atoms with E-state index in [2.05, 4.69) is 0 Å². The molecule has 0 saturated heterocycles. The fourth-order valence-corrected chi connectivity index (χ4v) is 4.20. The van der Waals surface area contributed by atoms with Crippen LogP contribution in [0, 0.1) is 5.92 Å². The van der Waals surface area contributed by atoms with Crippen molar-refractivity contribution in [2.24, 2.45) is 11.7 Å². The van der Waals surface area contributed by atoms with Crippen molar-refractivity contribution in [1.82, 2.24) is 4.31 Å². The molecule has 2 N–H and O–H groups in total. The summed E-state index contributed by atoms with van der Waals surface area (Å²) in [5, 5.41) is 0. The molecule has 2 saturated carbocycles. The van der Waals surface area contributed by atoms with Crippen LogP contribution >= 0.6 is 0 Å². The van der Waals surface area contributed by atoms with Gasteiger partial charge in [-0.1, -0.05) is 6.42 Å². The number of hydrogen-bond donors (Lipinski definition) is 1. The lowest BCUT2D eigenvalue weighted by atomic mass is 9.93. The summed E-state index contributed by atoms with van der Waals surface area (Å²) in [7, 11) is -3.03. The summed E-state index contributed by atoms with van der Waals surface area (Å²) in [6, 6.07) is 0.247. The highest BCUT2D eigenvalue weighted by atomic mass is 32.2. The van der Waals surface area contributed by atoms with E-state index in [0.29, 0.717) is 24.8 Å². The largest absolute Gasteiger partial charge is 0.329 e. The third-order valence-corrected chi connectivity index (χ3v) is 5.42. The summed E-state index contributed by atoms with van der Waals surface area (Å²) in [6.07, 6.45) is 5.36. The molecule has 2 aliphatic rings. The van der Waals surface area contributed by atoms with Gasteiger partial charge in [0.05, 0.1) is 5.75 Å². The Morgan fingerprint density at radius 3 is 2.27 bits per heavy atom. The van der Waals surface area contributed by atoms with Crippen molar-refractivity contribution in [3.8, 4) is 0 Å². The molecule has 0 heterocycles. The summed E-state index contributed by atoms with van der Waals surface area (Å²) in [6.45, 7) is 0.931. The van der Waals surface area contributed by atoms with Crippen molar-refractivity contribution in [2.75, 3.05) is 18.8 Å². The average molecular weight is 232 g/mol. The molecule has 4 nitrogen and oxygen atoms in total. The topological polar surface area (TPSA) is 63.4 Å². The Bertz CT molecular complexity index is 307. The van der Waals surface area contributed by atoms with E-state index in [1.165, 1.54) is 0 Å². The van der Waals surface area contributed by atoms with Gasteiger partial charge in [-0.15, -0.1) is 0 Å². The number of nitrogens with zero attached hydrogens (tertiary/aromatic N) is 1. The summed E-state index contributed by atoms with van der Waals surface area (Å²) in [5.41, 5.74) is 5.48. The fourth-order valence-electron chi connectivity index (χ4n) is 2.03. The van der Waals surface area contributed by atoms with Gasteiger partial charge in [0.1, 0.15) is 0 Å². The first-order chi connectivity index (χ1) is 7.13. The molecule has 0 bridgehead atoms. The zero-order valence-electron chi connectivity index (χ0n) is 9.06. The van der Waals surface area contributed by atoms with Crippen molar-refractivity contribution in [1.29, 1.82) is 0 Å². The molecule has 0 atom stereocenters. The summed E-state index contributed by atoms with van der Waals surface area (Å²) < 4.78 is 25.8. The average Bonchev–Trinajstić information content (AvgIpc) is 2.83. The Labute approximate surface area is 91.9 Å². The maximum absolute atomic E-state index is 12.1. The lowest BCUT2D eigenvalue weighted by Crippen LogP contribution is -2.47. The quantitative estimate of drug-likeness (QED) is 0.727. The van der Waals surface area contributed by atoms with Crippen LogP contribution in [-0.2, 0) is 10.0 Å². The van der Waals surface area contributed by atoms with Crippen molar-refractivity contribution in [3.63, 3.8) is 0 Å². The predicted octanol–water partition coefficient (Wildman–Crippen LogP) is 0.539. The van der Waals surface area contributed by atoms with Gasteiger partial charge in [-0.2, -0.15) is 4.31 Å².